The first-order chi connectivity index (χ1) is 11.3. The number of thiophene rings is 1. The quantitative estimate of drug-likeness (QED) is 0.554. The van der Waals surface area contributed by atoms with Gasteiger partial charge in [-0.2, -0.15) is 0 Å². The Bertz CT molecular complexity index is 569. The lowest BCUT2D eigenvalue weighted by atomic mass is 9.71. The number of hydrogen-bond acceptors (Lipinski definition) is 3. The Balaban J connectivity index is 1.96. The van der Waals surface area contributed by atoms with E-state index in [0.29, 0.717) is 0 Å². The minimum absolute atomic E-state index is 0.197. The molecule has 0 N–H and O–H groups in total. The third-order valence-corrected chi connectivity index (χ3v) is 6.66. The molecule has 0 unspecified atom stereocenters. The minimum Gasteiger partial charge on any atom is -0.400 e. The van der Waals surface area contributed by atoms with Gasteiger partial charge in [-0.15, -0.1) is 11.3 Å². The van der Waals surface area contributed by atoms with Gasteiger partial charge in [0.2, 0.25) is 0 Å². The summed E-state index contributed by atoms with van der Waals surface area (Å²) in [5, 5.41) is 2.18. The highest BCUT2D eigenvalue weighted by atomic mass is 32.1. The lowest BCUT2D eigenvalue weighted by Gasteiger charge is -2.32. The van der Waals surface area contributed by atoms with Gasteiger partial charge in [-0.05, 0) is 81.8 Å². The van der Waals surface area contributed by atoms with Gasteiger partial charge in [0.1, 0.15) is 0 Å². The number of allylic oxidation sites excluding steroid dienone is 2. The van der Waals surface area contributed by atoms with Gasteiger partial charge in [-0.25, -0.2) is 0 Å². The first-order valence-corrected chi connectivity index (χ1v) is 10.3. The smallest absolute Gasteiger partial charge is 0.400 e. The van der Waals surface area contributed by atoms with Crippen molar-refractivity contribution in [3.05, 3.63) is 27.9 Å². The second-order valence-electron chi connectivity index (χ2n) is 8.32. The molecule has 2 aliphatic rings. The van der Waals surface area contributed by atoms with E-state index in [4.69, 9.17) is 9.31 Å². The molecule has 0 radical (unpaired) electrons. The van der Waals surface area contributed by atoms with E-state index in [9.17, 15) is 0 Å². The largest absolute Gasteiger partial charge is 0.490 e. The lowest BCUT2D eigenvalue weighted by Crippen LogP contribution is -2.41. The van der Waals surface area contributed by atoms with Crippen molar-refractivity contribution in [1.29, 1.82) is 0 Å². The van der Waals surface area contributed by atoms with Crippen molar-refractivity contribution in [3.8, 4) is 0 Å². The standard InChI is InChI=1S/C20H31BO2S/c1-6-7-9-17(21-22-19(2,3)20(4,5)23-21)16(14-15-11-12-15)18-10-8-13-24-18/h8,10,13,15H,6-7,9,11-12,14H2,1-5H3/b17-16+. The average Bonchev–Trinajstić information content (AvgIpc) is 3.09. The summed E-state index contributed by atoms with van der Waals surface area (Å²) in [7, 11) is -0.197. The highest BCUT2D eigenvalue weighted by Gasteiger charge is 2.52. The van der Waals surface area contributed by atoms with Crippen LogP contribution in [0.3, 0.4) is 0 Å². The molecule has 1 aliphatic heterocycles. The summed E-state index contributed by atoms with van der Waals surface area (Å²) in [6.45, 7) is 10.9. The molecule has 0 aromatic carbocycles. The van der Waals surface area contributed by atoms with Crippen LogP contribution in [0.2, 0.25) is 0 Å². The molecule has 2 heterocycles. The lowest BCUT2D eigenvalue weighted by molar-refractivity contribution is 0.00578. The molecule has 0 bridgehead atoms. The van der Waals surface area contributed by atoms with Crippen LogP contribution in [0.4, 0.5) is 0 Å². The zero-order chi connectivity index (χ0) is 17.4. The predicted molar refractivity (Wildman–Crippen MR) is 104 cm³/mol. The minimum atomic E-state index is -0.269. The third kappa shape index (κ3) is 3.81. The van der Waals surface area contributed by atoms with Gasteiger partial charge in [-0.1, -0.05) is 25.8 Å². The normalized spacial score (nSPS) is 23.5. The molecule has 2 nitrogen and oxygen atoms in total. The molecule has 24 heavy (non-hydrogen) atoms. The number of unbranched alkanes of at least 4 members (excludes halogenated alkanes) is 1. The van der Waals surface area contributed by atoms with Gasteiger partial charge in [0.25, 0.3) is 0 Å². The predicted octanol–water partition coefficient (Wildman–Crippen LogP) is 6.12. The number of hydrogen-bond donors (Lipinski definition) is 0. The molecule has 1 saturated carbocycles. The fraction of sp³-hybridized carbons (Fsp3) is 0.700. The first kappa shape index (κ1) is 18.2. The zero-order valence-corrected chi connectivity index (χ0v) is 16.7. The highest BCUT2D eigenvalue weighted by Crippen LogP contribution is 2.45. The molecule has 1 aliphatic carbocycles. The van der Waals surface area contributed by atoms with E-state index in [2.05, 4.69) is 52.1 Å². The summed E-state index contributed by atoms with van der Waals surface area (Å²) in [4.78, 5) is 1.41. The second-order valence-corrected chi connectivity index (χ2v) is 9.27. The fourth-order valence-corrected chi connectivity index (χ4v) is 4.03. The van der Waals surface area contributed by atoms with Gasteiger partial charge >= 0.3 is 7.12 Å². The first-order valence-electron chi connectivity index (χ1n) is 9.45. The monoisotopic (exact) mass is 346 g/mol. The van der Waals surface area contributed by atoms with Gasteiger partial charge in [0, 0.05) is 4.88 Å². The fourth-order valence-electron chi connectivity index (χ4n) is 3.21. The molecule has 0 amide bonds. The Labute approximate surface area is 151 Å². The van der Waals surface area contributed by atoms with E-state index in [1.807, 2.05) is 11.3 Å². The van der Waals surface area contributed by atoms with Crippen LogP contribution in [-0.4, -0.2) is 18.3 Å². The van der Waals surface area contributed by atoms with Gasteiger partial charge in [0.15, 0.2) is 0 Å². The molecule has 2 fully saturated rings. The topological polar surface area (TPSA) is 18.5 Å². The summed E-state index contributed by atoms with van der Waals surface area (Å²) in [6.07, 6.45) is 7.40. The molecular weight excluding hydrogens is 315 g/mol. The van der Waals surface area contributed by atoms with Gasteiger partial charge in [0.05, 0.1) is 11.2 Å². The van der Waals surface area contributed by atoms with E-state index in [1.54, 1.807) is 0 Å². The third-order valence-electron chi connectivity index (χ3n) is 5.73. The molecule has 1 aromatic heterocycles. The molecule has 132 valence electrons. The molecule has 1 saturated heterocycles. The Hall–Kier alpha value is -0.575. The van der Waals surface area contributed by atoms with Crippen molar-refractivity contribution >= 4 is 24.0 Å². The Morgan fingerprint density at radius 2 is 1.88 bits per heavy atom. The van der Waals surface area contributed by atoms with Crippen molar-refractivity contribution < 1.29 is 9.31 Å². The van der Waals surface area contributed by atoms with Crippen LogP contribution in [0.15, 0.2) is 23.0 Å². The Morgan fingerprint density at radius 3 is 2.38 bits per heavy atom. The van der Waals surface area contributed by atoms with E-state index in [1.165, 1.54) is 48.0 Å². The van der Waals surface area contributed by atoms with Crippen LogP contribution in [0.1, 0.15) is 78.0 Å². The maximum absolute atomic E-state index is 6.43. The Morgan fingerprint density at radius 1 is 1.21 bits per heavy atom. The van der Waals surface area contributed by atoms with Crippen molar-refractivity contribution in [3.63, 3.8) is 0 Å². The molecule has 3 rings (SSSR count). The average molecular weight is 346 g/mol. The van der Waals surface area contributed by atoms with Crippen LogP contribution < -0.4 is 0 Å². The summed E-state index contributed by atoms with van der Waals surface area (Å²) in [5.41, 5.74) is 2.36. The molecule has 0 atom stereocenters. The summed E-state index contributed by atoms with van der Waals surface area (Å²) in [6, 6.07) is 4.42. The van der Waals surface area contributed by atoms with Crippen LogP contribution >= 0.6 is 11.3 Å². The summed E-state index contributed by atoms with van der Waals surface area (Å²) >= 11 is 1.85. The zero-order valence-electron chi connectivity index (χ0n) is 15.9. The molecule has 1 aromatic rings. The van der Waals surface area contributed by atoms with Crippen molar-refractivity contribution in [2.75, 3.05) is 0 Å². The highest BCUT2D eigenvalue weighted by molar-refractivity contribution is 7.11. The van der Waals surface area contributed by atoms with Crippen LogP contribution in [-0.2, 0) is 9.31 Å². The Kier molecular flexibility index (Phi) is 5.29. The SMILES string of the molecule is CCCC/C(B1OC(C)(C)C(C)(C)O1)=C(/CC1CC1)c1cccs1. The van der Waals surface area contributed by atoms with E-state index in [0.717, 1.165) is 12.3 Å². The second kappa shape index (κ2) is 6.97. The van der Waals surface area contributed by atoms with Gasteiger partial charge < -0.3 is 9.31 Å². The summed E-state index contributed by atoms with van der Waals surface area (Å²) < 4.78 is 12.9. The summed E-state index contributed by atoms with van der Waals surface area (Å²) in [5.74, 6) is 0.862. The van der Waals surface area contributed by atoms with Gasteiger partial charge in [-0.3, -0.25) is 0 Å². The van der Waals surface area contributed by atoms with E-state index in [-0.39, 0.29) is 18.3 Å². The van der Waals surface area contributed by atoms with Crippen LogP contribution in [0.25, 0.3) is 5.57 Å². The maximum Gasteiger partial charge on any atom is 0.490 e. The molecule has 0 spiro atoms. The molecular formula is C20H31BO2S. The van der Waals surface area contributed by atoms with Crippen molar-refractivity contribution in [1.82, 2.24) is 0 Å². The van der Waals surface area contributed by atoms with E-state index < -0.39 is 0 Å². The molecule has 4 heteroatoms. The van der Waals surface area contributed by atoms with Crippen molar-refractivity contribution in [2.24, 2.45) is 5.92 Å². The number of rotatable bonds is 7. The van der Waals surface area contributed by atoms with Crippen LogP contribution in [0, 0.1) is 5.92 Å². The van der Waals surface area contributed by atoms with E-state index >= 15 is 0 Å². The van der Waals surface area contributed by atoms with Crippen molar-refractivity contribution in [2.45, 2.75) is 84.3 Å². The van der Waals surface area contributed by atoms with Crippen LogP contribution in [0.5, 0.6) is 0 Å². The maximum atomic E-state index is 6.43.